The van der Waals surface area contributed by atoms with E-state index in [-0.39, 0.29) is 11.6 Å². The van der Waals surface area contributed by atoms with Crippen molar-refractivity contribution in [3.8, 4) is 5.75 Å². The Bertz CT molecular complexity index is 1480. The predicted octanol–water partition coefficient (Wildman–Crippen LogP) is 4.98. The molecule has 9 heteroatoms. The molecular weight excluding hydrogens is 492 g/mol. The number of hydrogen-bond donors (Lipinski definition) is 1. The highest BCUT2D eigenvalue weighted by Gasteiger charge is 2.12. The minimum absolute atomic E-state index is 0.00449. The SMILES string of the molecule is COC(=O)c1cnc(C)cc1Cl.Cc1cc2c(cn1)c(=O)n(C)c1cc(OC[C@@H](N)CC(C)C)ccc21. The number of pyridine rings is 3. The zero-order valence-electron chi connectivity index (χ0n) is 22.0. The minimum atomic E-state index is -0.465. The third-order valence-corrected chi connectivity index (χ3v) is 6.14. The van der Waals surface area contributed by atoms with E-state index in [0.29, 0.717) is 28.5 Å². The first-order chi connectivity index (χ1) is 17.5. The maximum absolute atomic E-state index is 12.6. The Labute approximate surface area is 221 Å². The van der Waals surface area contributed by atoms with E-state index in [1.165, 1.54) is 13.3 Å². The molecule has 3 aromatic heterocycles. The van der Waals surface area contributed by atoms with Crippen LogP contribution in [0.3, 0.4) is 0 Å². The first-order valence-electron chi connectivity index (χ1n) is 12.0. The van der Waals surface area contributed by atoms with Crippen LogP contribution in [0.1, 0.15) is 42.0 Å². The lowest BCUT2D eigenvalue weighted by atomic mass is 10.1. The van der Waals surface area contributed by atoms with E-state index in [1.54, 1.807) is 30.8 Å². The molecule has 1 atom stereocenters. The van der Waals surface area contributed by atoms with Gasteiger partial charge < -0.3 is 19.8 Å². The third kappa shape index (κ3) is 6.84. The van der Waals surface area contributed by atoms with Crippen molar-refractivity contribution in [3.05, 3.63) is 75.1 Å². The van der Waals surface area contributed by atoms with Crippen molar-refractivity contribution in [2.24, 2.45) is 18.7 Å². The van der Waals surface area contributed by atoms with Crippen LogP contribution in [0.4, 0.5) is 0 Å². The van der Waals surface area contributed by atoms with Crippen molar-refractivity contribution in [1.29, 1.82) is 0 Å². The number of fused-ring (bicyclic) bond motifs is 3. The van der Waals surface area contributed by atoms with Gasteiger partial charge >= 0.3 is 5.97 Å². The number of methoxy groups -OCH3 is 1. The van der Waals surface area contributed by atoms with Gasteiger partial charge in [-0.05, 0) is 55.8 Å². The molecule has 0 unspecified atom stereocenters. The Morgan fingerprint density at radius 3 is 2.38 bits per heavy atom. The van der Waals surface area contributed by atoms with Crippen LogP contribution in [0.15, 0.2) is 47.5 Å². The van der Waals surface area contributed by atoms with Crippen LogP contribution in [0.2, 0.25) is 5.02 Å². The lowest BCUT2D eigenvalue weighted by Gasteiger charge is -2.16. The van der Waals surface area contributed by atoms with Crippen molar-refractivity contribution >= 4 is 39.2 Å². The van der Waals surface area contributed by atoms with Crippen molar-refractivity contribution in [2.75, 3.05) is 13.7 Å². The molecule has 0 fully saturated rings. The Morgan fingerprint density at radius 1 is 1.05 bits per heavy atom. The van der Waals surface area contributed by atoms with Crippen LogP contribution in [0.5, 0.6) is 5.75 Å². The summed E-state index contributed by atoms with van der Waals surface area (Å²) in [6.07, 6.45) is 3.98. The summed E-state index contributed by atoms with van der Waals surface area (Å²) < 4.78 is 12.0. The highest BCUT2D eigenvalue weighted by molar-refractivity contribution is 6.33. The molecule has 0 aliphatic rings. The summed E-state index contributed by atoms with van der Waals surface area (Å²) in [6, 6.07) is 9.43. The Hall–Kier alpha value is -3.49. The summed E-state index contributed by atoms with van der Waals surface area (Å²) in [4.78, 5) is 31.8. The molecule has 0 saturated carbocycles. The number of carbonyl (C=O) groups excluding carboxylic acids is 1. The summed E-state index contributed by atoms with van der Waals surface area (Å²) in [7, 11) is 3.08. The highest BCUT2D eigenvalue weighted by Crippen LogP contribution is 2.26. The van der Waals surface area contributed by atoms with E-state index in [4.69, 9.17) is 22.1 Å². The number of ether oxygens (including phenoxy) is 2. The fraction of sp³-hybridized carbons (Fsp3) is 0.357. The summed E-state index contributed by atoms with van der Waals surface area (Å²) in [5, 5.41) is 2.94. The molecular formula is C28H33ClN4O4. The average Bonchev–Trinajstić information content (AvgIpc) is 2.85. The second-order valence-electron chi connectivity index (χ2n) is 9.41. The van der Waals surface area contributed by atoms with Crippen LogP contribution < -0.4 is 16.0 Å². The summed E-state index contributed by atoms with van der Waals surface area (Å²) in [6.45, 7) is 8.48. The van der Waals surface area contributed by atoms with E-state index in [1.807, 2.05) is 31.2 Å². The number of rotatable bonds is 6. The Morgan fingerprint density at radius 2 is 1.73 bits per heavy atom. The van der Waals surface area contributed by atoms with E-state index in [0.717, 1.165) is 39.8 Å². The normalized spacial score (nSPS) is 11.8. The molecule has 8 nitrogen and oxygen atoms in total. The molecule has 4 rings (SSSR count). The molecule has 0 aliphatic heterocycles. The monoisotopic (exact) mass is 524 g/mol. The number of hydrogen-bond acceptors (Lipinski definition) is 7. The number of nitrogens with two attached hydrogens (primary N) is 1. The highest BCUT2D eigenvalue weighted by atomic mass is 35.5. The fourth-order valence-electron chi connectivity index (χ4n) is 4.01. The van der Waals surface area contributed by atoms with Gasteiger partial charge in [-0.3, -0.25) is 14.8 Å². The van der Waals surface area contributed by atoms with Gasteiger partial charge in [-0.2, -0.15) is 0 Å². The van der Waals surface area contributed by atoms with Gasteiger partial charge in [0.25, 0.3) is 5.56 Å². The number of esters is 1. The molecule has 37 heavy (non-hydrogen) atoms. The molecule has 0 bridgehead atoms. The van der Waals surface area contributed by atoms with Crippen LogP contribution in [0, 0.1) is 19.8 Å². The summed E-state index contributed by atoms with van der Waals surface area (Å²) >= 11 is 5.76. The van der Waals surface area contributed by atoms with Crippen LogP contribution in [0.25, 0.3) is 21.7 Å². The zero-order chi connectivity index (χ0) is 27.3. The molecule has 3 heterocycles. The molecule has 4 aromatic rings. The van der Waals surface area contributed by atoms with Crippen molar-refractivity contribution in [1.82, 2.24) is 14.5 Å². The molecule has 0 radical (unpaired) electrons. The quantitative estimate of drug-likeness (QED) is 0.280. The third-order valence-electron chi connectivity index (χ3n) is 5.83. The van der Waals surface area contributed by atoms with E-state index in [9.17, 15) is 9.59 Å². The predicted molar refractivity (Wildman–Crippen MR) is 147 cm³/mol. The molecule has 0 spiro atoms. The van der Waals surface area contributed by atoms with E-state index < -0.39 is 5.97 Å². The number of aromatic nitrogens is 3. The average molecular weight is 525 g/mol. The standard InChI is InChI=1S/C20H25N3O2.C8H8ClNO2/c1-12(2)7-14(21)11-25-15-5-6-16-17-8-13(3)22-10-18(17)20(24)23(4)19(16)9-15;1-5-3-7(9)6(4-10-5)8(11)12-2/h5-6,8-10,12,14H,7,11,21H2,1-4H3;3-4H,1-2H3/t14-;/m0./s1. The minimum Gasteiger partial charge on any atom is -0.492 e. The fourth-order valence-corrected chi connectivity index (χ4v) is 4.30. The van der Waals surface area contributed by atoms with E-state index in [2.05, 4.69) is 28.6 Å². The van der Waals surface area contributed by atoms with Gasteiger partial charge in [-0.1, -0.05) is 25.4 Å². The van der Waals surface area contributed by atoms with Crippen LogP contribution in [-0.4, -0.2) is 40.3 Å². The number of nitrogens with zero attached hydrogens (tertiary/aromatic N) is 3. The van der Waals surface area contributed by atoms with Gasteiger partial charge in [0.05, 0.1) is 28.6 Å². The van der Waals surface area contributed by atoms with Gasteiger partial charge in [-0.25, -0.2) is 4.79 Å². The largest absolute Gasteiger partial charge is 0.492 e. The molecule has 0 saturated heterocycles. The van der Waals surface area contributed by atoms with Gasteiger partial charge in [0.15, 0.2) is 0 Å². The summed E-state index contributed by atoms with van der Waals surface area (Å²) in [5.74, 6) is 0.804. The molecule has 2 N–H and O–H groups in total. The van der Waals surface area contributed by atoms with Gasteiger partial charge in [-0.15, -0.1) is 0 Å². The maximum atomic E-state index is 12.6. The molecule has 0 amide bonds. The van der Waals surface area contributed by atoms with Gasteiger partial charge in [0.1, 0.15) is 12.4 Å². The number of aryl methyl sites for hydroxylation is 3. The van der Waals surface area contributed by atoms with Gasteiger partial charge in [0, 0.05) is 48.3 Å². The van der Waals surface area contributed by atoms with Crippen LogP contribution >= 0.6 is 11.6 Å². The second kappa shape index (κ2) is 12.2. The lowest BCUT2D eigenvalue weighted by Crippen LogP contribution is -2.29. The number of benzene rings is 1. The maximum Gasteiger partial charge on any atom is 0.340 e. The lowest BCUT2D eigenvalue weighted by molar-refractivity contribution is 0.0600. The smallest absolute Gasteiger partial charge is 0.340 e. The number of carbonyl (C=O) groups is 1. The van der Waals surface area contributed by atoms with Crippen LogP contribution in [-0.2, 0) is 11.8 Å². The zero-order valence-corrected chi connectivity index (χ0v) is 22.8. The molecule has 196 valence electrons. The summed E-state index contributed by atoms with van der Waals surface area (Å²) in [5.41, 5.74) is 8.84. The van der Waals surface area contributed by atoms with Crippen molar-refractivity contribution in [2.45, 2.75) is 40.2 Å². The first-order valence-corrected chi connectivity index (χ1v) is 12.4. The first kappa shape index (κ1) is 28.1. The second-order valence-corrected chi connectivity index (χ2v) is 9.82. The Balaban J connectivity index is 0.000000266. The van der Waals surface area contributed by atoms with Crippen molar-refractivity contribution < 1.29 is 14.3 Å². The number of halogens is 1. The van der Waals surface area contributed by atoms with Gasteiger partial charge in [0.2, 0.25) is 0 Å². The topological polar surface area (TPSA) is 109 Å². The molecule has 0 aliphatic carbocycles. The van der Waals surface area contributed by atoms with E-state index >= 15 is 0 Å². The molecule has 1 aromatic carbocycles. The Kier molecular flexibility index (Phi) is 9.23. The van der Waals surface area contributed by atoms with Crippen molar-refractivity contribution in [3.63, 3.8) is 0 Å².